The number of hydrogen-bond acceptors (Lipinski definition) is 4. The predicted octanol–water partition coefficient (Wildman–Crippen LogP) is -1.41. The number of amides is 2. The normalized spacial score (nSPS) is 25.7. The van der Waals surface area contributed by atoms with E-state index in [0.29, 0.717) is 6.61 Å². The van der Waals surface area contributed by atoms with Crippen LogP contribution in [0.4, 0.5) is 0 Å². The highest BCUT2D eigenvalue weighted by Crippen LogP contribution is 2.01. The van der Waals surface area contributed by atoms with Crippen molar-refractivity contribution in [3.05, 3.63) is 0 Å². The van der Waals surface area contributed by atoms with Crippen LogP contribution in [-0.4, -0.2) is 50.1 Å². The van der Waals surface area contributed by atoms with E-state index in [4.69, 9.17) is 4.74 Å². The molecule has 0 radical (unpaired) electrons. The van der Waals surface area contributed by atoms with E-state index in [9.17, 15) is 9.59 Å². The number of hydrogen-bond donors (Lipinski definition) is 1. The van der Waals surface area contributed by atoms with Gasteiger partial charge in [0.1, 0.15) is 6.04 Å². The number of likely N-dealkylation sites (N-methyl/N-ethyl adjacent to an activating group) is 1. The molecular formula is C7H12N2O3. The van der Waals surface area contributed by atoms with Gasteiger partial charge in [-0.05, 0) is 7.05 Å². The first-order valence-corrected chi connectivity index (χ1v) is 3.68. The van der Waals surface area contributed by atoms with Crippen LogP contribution in [0.2, 0.25) is 0 Å². The van der Waals surface area contributed by atoms with Crippen LogP contribution in [0.3, 0.4) is 0 Å². The molecule has 1 unspecified atom stereocenters. The Labute approximate surface area is 70.7 Å². The highest BCUT2D eigenvalue weighted by Gasteiger charge is 2.30. The quantitative estimate of drug-likeness (QED) is 0.520. The molecule has 5 heteroatoms. The van der Waals surface area contributed by atoms with Gasteiger partial charge in [-0.1, -0.05) is 0 Å². The average Bonchev–Trinajstić information content (AvgIpc) is 1.96. The second-order valence-electron chi connectivity index (χ2n) is 2.80. The van der Waals surface area contributed by atoms with Crippen LogP contribution in [0.5, 0.6) is 0 Å². The zero-order chi connectivity index (χ0) is 9.14. The molecule has 1 saturated heterocycles. The minimum absolute atomic E-state index is 0.250. The van der Waals surface area contributed by atoms with Gasteiger partial charge in [0.15, 0.2) is 0 Å². The number of carbonyl (C=O) groups is 2. The first kappa shape index (κ1) is 9.15. The molecule has 1 rings (SSSR count). The SMILES string of the molecule is COCC1C(=O)NC(=O)CN1C. The fourth-order valence-corrected chi connectivity index (χ4v) is 1.16. The van der Waals surface area contributed by atoms with Gasteiger partial charge in [-0.15, -0.1) is 0 Å². The Morgan fingerprint density at radius 3 is 2.83 bits per heavy atom. The standard InChI is InChI=1S/C7H12N2O3/c1-9-3-6(10)8-7(11)5(9)4-12-2/h5H,3-4H2,1-2H3,(H,8,10,11). The summed E-state index contributed by atoms with van der Waals surface area (Å²) in [5.74, 6) is -0.537. The topological polar surface area (TPSA) is 58.6 Å². The number of nitrogens with zero attached hydrogens (tertiary/aromatic N) is 1. The van der Waals surface area contributed by atoms with E-state index in [1.54, 1.807) is 11.9 Å². The summed E-state index contributed by atoms with van der Waals surface area (Å²) < 4.78 is 4.84. The monoisotopic (exact) mass is 172 g/mol. The van der Waals surface area contributed by atoms with Crippen LogP contribution >= 0.6 is 0 Å². The van der Waals surface area contributed by atoms with Crippen molar-refractivity contribution >= 4 is 11.8 Å². The Kier molecular flexibility index (Phi) is 2.78. The van der Waals surface area contributed by atoms with Crippen LogP contribution in [0.25, 0.3) is 0 Å². The minimum atomic E-state index is -0.340. The fourth-order valence-electron chi connectivity index (χ4n) is 1.16. The lowest BCUT2D eigenvalue weighted by Crippen LogP contribution is -2.58. The molecule has 1 fully saturated rings. The third-order valence-electron chi connectivity index (χ3n) is 1.81. The molecule has 0 aromatic heterocycles. The average molecular weight is 172 g/mol. The zero-order valence-corrected chi connectivity index (χ0v) is 7.16. The first-order chi connectivity index (χ1) is 5.65. The molecule has 0 aromatic rings. The molecule has 0 bridgehead atoms. The highest BCUT2D eigenvalue weighted by molar-refractivity contribution is 6.01. The van der Waals surface area contributed by atoms with Gasteiger partial charge in [0.25, 0.3) is 0 Å². The third kappa shape index (κ3) is 1.80. The highest BCUT2D eigenvalue weighted by atomic mass is 16.5. The maximum absolute atomic E-state index is 11.2. The Morgan fingerprint density at radius 1 is 1.67 bits per heavy atom. The largest absolute Gasteiger partial charge is 0.383 e. The van der Waals surface area contributed by atoms with Crippen molar-refractivity contribution in [3.63, 3.8) is 0 Å². The summed E-state index contributed by atoms with van der Waals surface area (Å²) in [7, 11) is 3.25. The number of ether oxygens (including phenoxy) is 1. The minimum Gasteiger partial charge on any atom is -0.383 e. The Morgan fingerprint density at radius 2 is 2.33 bits per heavy atom. The number of nitrogens with one attached hydrogen (secondary N) is 1. The Balaban J connectivity index is 2.60. The van der Waals surface area contributed by atoms with Gasteiger partial charge in [-0.2, -0.15) is 0 Å². The van der Waals surface area contributed by atoms with Gasteiger partial charge >= 0.3 is 0 Å². The number of methoxy groups -OCH3 is 1. The van der Waals surface area contributed by atoms with Gasteiger partial charge in [0, 0.05) is 7.11 Å². The van der Waals surface area contributed by atoms with Crippen molar-refractivity contribution in [1.29, 1.82) is 0 Å². The molecule has 1 aliphatic heterocycles. The number of rotatable bonds is 2. The lowest BCUT2D eigenvalue weighted by molar-refractivity contribution is -0.140. The van der Waals surface area contributed by atoms with E-state index in [0.717, 1.165) is 0 Å². The molecular weight excluding hydrogens is 160 g/mol. The number of carbonyl (C=O) groups excluding carboxylic acids is 2. The van der Waals surface area contributed by atoms with Gasteiger partial charge in [-0.25, -0.2) is 0 Å². The summed E-state index contributed by atoms with van der Waals surface area (Å²) in [5, 5.41) is 2.25. The van der Waals surface area contributed by atoms with Crippen LogP contribution < -0.4 is 5.32 Å². The fraction of sp³-hybridized carbons (Fsp3) is 0.714. The summed E-state index contributed by atoms with van der Waals surface area (Å²) in [4.78, 5) is 23.6. The lowest BCUT2D eigenvalue weighted by Gasteiger charge is -2.29. The van der Waals surface area contributed by atoms with Crippen molar-refractivity contribution < 1.29 is 14.3 Å². The van der Waals surface area contributed by atoms with Crippen LogP contribution in [0.1, 0.15) is 0 Å². The van der Waals surface area contributed by atoms with Crippen molar-refractivity contribution in [2.45, 2.75) is 6.04 Å². The zero-order valence-electron chi connectivity index (χ0n) is 7.16. The molecule has 0 aromatic carbocycles. The van der Waals surface area contributed by atoms with Crippen molar-refractivity contribution in [1.82, 2.24) is 10.2 Å². The van der Waals surface area contributed by atoms with E-state index in [1.807, 2.05) is 0 Å². The molecule has 1 heterocycles. The van der Waals surface area contributed by atoms with E-state index in [-0.39, 0.29) is 24.4 Å². The molecule has 1 N–H and O–H groups in total. The summed E-state index contributed by atoms with van der Waals surface area (Å²) in [6, 6.07) is -0.340. The first-order valence-electron chi connectivity index (χ1n) is 3.68. The summed E-state index contributed by atoms with van der Waals surface area (Å²) in [5.41, 5.74) is 0. The van der Waals surface area contributed by atoms with Crippen molar-refractivity contribution in [2.24, 2.45) is 0 Å². The van der Waals surface area contributed by atoms with E-state index in [1.165, 1.54) is 7.11 Å². The van der Waals surface area contributed by atoms with E-state index < -0.39 is 0 Å². The Bertz CT molecular complexity index is 205. The Hall–Kier alpha value is -0.940. The van der Waals surface area contributed by atoms with Gasteiger partial charge in [-0.3, -0.25) is 19.8 Å². The van der Waals surface area contributed by atoms with E-state index >= 15 is 0 Å². The van der Waals surface area contributed by atoms with Gasteiger partial charge in [0.05, 0.1) is 13.2 Å². The van der Waals surface area contributed by atoms with Crippen molar-refractivity contribution in [3.8, 4) is 0 Å². The molecule has 5 nitrogen and oxygen atoms in total. The maximum Gasteiger partial charge on any atom is 0.246 e. The smallest absolute Gasteiger partial charge is 0.246 e. The second-order valence-corrected chi connectivity index (χ2v) is 2.80. The maximum atomic E-state index is 11.2. The predicted molar refractivity (Wildman–Crippen MR) is 41.4 cm³/mol. The second kappa shape index (κ2) is 3.64. The molecule has 1 aliphatic rings. The summed E-state index contributed by atoms with van der Waals surface area (Å²) >= 11 is 0. The summed E-state index contributed by atoms with van der Waals surface area (Å²) in [6.07, 6.45) is 0. The molecule has 68 valence electrons. The van der Waals surface area contributed by atoms with Gasteiger partial charge < -0.3 is 4.74 Å². The van der Waals surface area contributed by atoms with Crippen LogP contribution in [0, 0.1) is 0 Å². The van der Waals surface area contributed by atoms with Crippen molar-refractivity contribution in [2.75, 3.05) is 27.3 Å². The summed E-state index contributed by atoms with van der Waals surface area (Å²) in [6.45, 7) is 0.565. The lowest BCUT2D eigenvalue weighted by atomic mass is 10.2. The van der Waals surface area contributed by atoms with Crippen LogP contribution in [0.15, 0.2) is 0 Å². The number of imide groups is 1. The van der Waals surface area contributed by atoms with Crippen LogP contribution in [-0.2, 0) is 14.3 Å². The number of piperazine rings is 1. The third-order valence-corrected chi connectivity index (χ3v) is 1.81. The molecule has 0 saturated carbocycles. The molecule has 2 amide bonds. The molecule has 12 heavy (non-hydrogen) atoms. The molecule has 1 atom stereocenters. The molecule has 0 aliphatic carbocycles. The van der Waals surface area contributed by atoms with Gasteiger partial charge in [0.2, 0.25) is 11.8 Å². The van der Waals surface area contributed by atoms with E-state index in [2.05, 4.69) is 5.32 Å². The molecule has 0 spiro atoms.